The molecule has 2 heterocycles. The Labute approximate surface area is 117 Å². The lowest BCUT2D eigenvalue weighted by molar-refractivity contribution is 0.0257. The second-order valence-corrected chi connectivity index (χ2v) is 5.82. The number of rotatable bonds is 2. The van der Waals surface area contributed by atoms with E-state index < -0.39 is 5.92 Å². The molecule has 0 radical (unpaired) electrons. The minimum absolute atomic E-state index is 0.0761. The first-order valence-corrected chi connectivity index (χ1v) is 6.97. The number of alkyl halides is 2. The van der Waals surface area contributed by atoms with Gasteiger partial charge in [0.2, 0.25) is 0 Å². The zero-order valence-electron chi connectivity index (χ0n) is 11.7. The fraction of sp³-hybridized carbons (Fsp3) is 0.438. The molecule has 0 unspecified atom stereocenters. The number of fused-ring (bicyclic) bond motifs is 1. The summed E-state index contributed by atoms with van der Waals surface area (Å²) < 4.78 is 26.9. The maximum atomic E-state index is 13.4. The smallest absolute Gasteiger partial charge is 0.266 e. The molecule has 0 saturated carbocycles. The van der Waals surface area contributed by atoms with Gasteiger partial charge in [0.15, 0.2) is 0 Å². The van der Waals surface area contributed by atoms with Gasteiger partial charge in [-0.3, -0.25) is 4.98 Å². The Hall–Kier alpha value is -1.71. The summed E-state index contributed by atoms with van der Waals surface area (Å²) in [5.74, 6) is -2.17. The maximum Gasteiger partial charge on any atom is 0.266 e. The second kappa shape index (κ2) is 4.69. The van der Waals surface area contributed by atoms with Crippen molar-refractivity contribution in [1.29, 1.82) is 0 Å². The average molecular weight is 276 g/mol. The third-order valence-corrected chi connectivity index (χ3v) is 3.94. The number of aromatic nitrogens is 1. The quantitative estimate of drug-likeness (QED) is 0.817. The van der Waals surface area contributed by atoms with Gasteiger partial charge < -0.3 is 4.90 Å². The molecule has 0 spiro atoms. The molecule has 0 atom stereocenters. The topological polar surface area (TPSA) is 16.1 Å². The number of hydrogen-bond acceptors (Lipinski definition) is 2. The molecule has 1 fully saturated rings. The Morgan fingerprint density at radius 1 is 1.25 bits per heavy atom. The highest BCUT2D eigenvalue weighted by atomic mass is 19.3. The van der Waals surface area contributed by atoms with Crippen LogP contribution in [0.5, 0.6) is 0 Å². The summed E-state index contributed by atoms with van der Waals surface area (Å²) in [6, 6.07) is 6.21. The molecule has 4 heteroatoms. The van der Waals surface area contributed by atoms with Gasteiger partial charge in [0, 0.05) is 29.9 Å². The fourth-order valence-electron chi connectivity index (χ4n) is 2.72. The molecule has 1 saturated heterocycles. The zero-order valence-corrected chi connectivity index (χ0v) is 11.7. The summed E-state index contributed by atoms with van der Waals surface area (Å²) in [6.07, 6.45) is 3.41. The Balaban J connectivity index is 2.08. The Morgan fingerprint density at radius 2 is 2.05 bits per heavy atom. The van der Waals surface area contributed by atoms with E-state index in [-0.39, 0.29) is 13.0 Å². The van der Waals surface area contributed by atoms with Crippen molar-refractivity contribution in [2.24, 2.45) is 0 Å². The minimum atomic E-state index is -2.59. The van der Waals surface area contributed by atoms with Gasteiger partial charge in [-0.1, -0.05) is 26.0 Å². The zero-order chi connectivity index (χ0) is 14.3. The van der Waals surface area contributed by atoms with Crippen molar-refractivity contribution in [1.82, 2.24) is 4.98 Å². The van der Waals surface area contributed by atoms with Crippen molar-refractivity contribution in [3.8, 4) is 0 Å². The number of hydrogen-bond donors (Lipinski definition) is 0. The van der Waals surface area contributed by atoms with E-state index in [4.69, 9.17) is 0 Å². The molecule has 20 heavy (non-hydrogen) atoms. The Bertz CT molecular complexity index is 637. The summed E-state index contributed by atoms with van der Waals surface area (Å²) in [4.78, 5) is 5.94. The van der Waals surface area contributed by atoms with Crippen molar-refractivity contribution in [3.05, 3.63) is 36.2 Å². The highest BCUT2D eigenvalue weighted by Gasteiger charge is 2.38. The molecule has 2 nitrogen and oxygen atoms in total. The van der Waals surface area contributed by atoms with Gasteiger partial charge >= 0.3 is 0 Å². The lowest BCUT2D eigenvalue weighted by atomic mass is 9.99. The van der Waals surface area contributed by atoms with E-state index in [1.165, 1.54) is 5.56 Å². The summed E-state index contributed by atoms with van der Waals surface area (Å²) in [7, 11) is 0. The summed E-state index contributed by atoms with van der Waals surface area (Å²) in [5.41, 5.74) is 2.04. The van der Waals surface area contributed by atoms with Gasteiger partial charge in [-0.2, -0.15) is 0 Å². The van der Waals surface area contributed by atoms with Crippen molar-refractivity contribution < 1.29 is 8.78 Å². The first-order chi connectivity index (χ1) is 9.46. The van der Waals surface area contributed by atoms with Gasteiger partial charge in [0.25, 0.3) is 5.92 Å². The van der Waals surface area contributed by atoms with Crippen molar-refractivity contribution >= 4 is 16.5 Å². The van der Waals surface area contributed by atoms with Gasteiger partial charge in [0.05, 0.1) is 18.4 Å². The van der Waals surface area contributed by atoms with Gasteiger partial charge in [-0.05, 0) is 17.5 Å². The standard InChI is InChI=1S/C16H18F2N2/c1-11(2)12-3-4-13-8-19-9-15(14(13)7-12)20-6-5-16(17,18)10-20/h3-4,7-9,11H,5-6,10H2,1-2H3. The van der Waals surface area contributed by atoms with Gasteiger partial charge in [0.1, 0.15) is 0 Å². The number of nitrogens with zero attached hydrogens (tertiary/aromatic N) is 2. The van der Waals surface area contributed by atoms with Crippen LogP contribution in [0.25, 0.3) is 10.8 Å². The molecular weight excluding hydrogens is 258 g/mol. The number of pyridine rings is 1. The lowest BCUT2D eigenvalue weighted by Gasteiger charge is -2.20. The molecule has 0 amide bonds. The predicted octanol–water partition coefficient (Wildman–Crippen LogP) is 4.20. The molecule has 2 aromatic rings. The van der Waals surface area contributed by atoms with Crippen LogP contribution in [0.3, 0.4) is 0 Å². The molecule has 3 rings (SSSR count). The van der Waals surface area contributed by atoms with E-state index in [1.807, 2.05) is 6.07 Å². The molecule has 106 valence electrons. The van der Waals surface area contributed by atoms with Crippen LogP contribution >= 0.6 is 0 Å². The largest absolute Gasteiger partial charge is 0.364 e. The van der Waals surface area contributed by atoms with Crippen LogP contribution in [-0.2, 0) is 0 Å². The predicted molar refractivity (Wildman–Crippen MR) is 77.6 cm³/mol. The Morgan fingerprint density at radius 3 is 2.70 bits per heavy atom. The van der Waals surface area contributed by atoms with E-state index in [0.717, 1.165) is 16.5 Å². The number of anilines is 1. The monoisotopic (exact) mass is 276 g/mol. The van der Waals surface area contributed by atoms with Crippen molar-refractivity contribution in [2.45, 2.75) is 32.1 Å². The SMILES string of the molecule is CC(C)c1ccc2cncc(N3CCC(F)(F)C3)c2c1. The van der Waals surface area contributed by atoms with E-state index in [2.05, 4.69) is 31.0 Å². The number of halogens is 2. The molecule has 1 aliphatic heterocycles. The average Bonchev–Trinajstić information content (AvgIpc) is 2.77. The van der Waals surface area contributed by atoms with E-state index in [9.17, 15) is 8.78 Å². The van der Waals surface area contributed by atoms with Gasteiger partial charge in [-0.15, -0.1) is 0 Å². The highest BCUT2D eigenvalue weighted by molar-refractivity contribution is 5.94. The Kier molecular flexibility index (Phi) is 3.11. The van der Waals surface area contributed by atoms with E-state index >= 15 is 0 Å². The van der Waals surface area contributed by atoms with Gasteiger partial charge in [-0.25, -0.2) is 8.78 Å². The first kappa shape index (κ1) is 13.3. The third kappa shape index (κ3) is 2.35. The second-order valence-electron chi connectivity index (χ2n) is 5.82. The molecule has 1 aliphatic rings. The first-order valence-electron chi connectivity index (χ1n) is 6.97. The molecule has 0 aliphatic carbocycles. The molecule has 0 N–H and O–H groups in total. The molecule has 0 bridgehead atoms. The summed E-state index contributed by atoms with van der Waals surface area (Å²) in [6.45, 7) is 4.44. The van der Waals surface area contributed by atoms with E-state index in [1.54, 1.807) is 17.3 Å². The van der Waals surface area contributed by atoms with Crippen LogP contribution < -0.4 is 4.90 Å². The van der Waals surface area contributed by atoms with Crippen LogP contribution in [-0.4, -0.2) is 24.0 Å². The van der Waals surface area contributed by atoms with Crippen LogP contribution in [0.2, 0.25) is 0 Å². The van der Waals surface area contributed by atoms with Crippen molar-refractivity contribution in [2.75, 3.05) is 18.0 Å². The van der Waals surface area contributed by atoms with Crippen LogP contribution in [0.1, 0.15) is 31.7 Å². The maximum absolute atomic E-state index is 13.4. The van der Waals surface area contributed by atoms with E-state index in [0.29, 0.717) is 12.5 Å². The molecular formula is C16H18F2N2. The summed E-state index contributed by atoms with van der Waals surface area (Å²) in [5, 5.41) is 2.02. The van der Waals surface area contributed by atoms with Crippen LogP contribution in [0.4, 0.5) is 14.5 Å². The lowest BCUT2D eigenvalue weighted by Crippen LogP contribution is -2.25. The minimum Gasteiger partial charge on any atom is -0.364 e. The van der Waals surface area contributed by atoms with Crippen LogP contribution in [0, 0.1) is 0 Å². The third-order valence-electron chi connectivity index (χ3n) is 3.94. The summed E-state index contributed by atoms with van der Waals surface area (Å²) >= 11 is 0. The molecule has 1 aromatic carbocycles. The normalized spacial score (nSPS) is 18.1. The highest BCUT2D eigenvalue weighted by Crippen LogP contribution is 2.35. The van der Waals surface area contributed by atoms with Crippen LogP contribution in [0.15, 0.2) is 30.6 Å². The number of benzene rings is 1. The molecule has 1 aromatic heterocycles. The van der Waals surface area contributed by atoms with Crippen molar-refractivity contribution in [3.63, 3.8) is 0 Å². The fourth-order valence-corrected chi connectivity index (χ4v) is 2.72.